The molecular weight excluding hydrogens is 289 g/mol. The Bertz CT molecular complexity index is 428. The Labute approximate surface area is 130 Å². The van der Waals surface area contributed by atoms with Gasteiger partial charge in [0.2, 0.25) is 17.7 Å². The molecule has 22 heavy (non-hydrogen) atoms. The number of likely N-dealkylation sites (tertiary alicyclic amines) is 1. The van der Waals surface area contributed by atoms with Crippen LogP contribution in [-0.2, 0) is 14.4 Å². The highest BCUT2D eigenvalue weighted by Crippen LogP contribution is 2.23. The first kappa shape index (κ1) is 18.4. The van der Waals surface area contributed by atoms with Crippen molar-refractivity contribution in [2.45, 2.75) is 58.3 Å². The summed E-state index contributed by atoms with van der Waals surface area (Å²) in [5.41, 5.74) is 0. The van der Waals surface area contributed by atoms with Gasteiger partial charge in [0.25, 0.3) is 0 Å². The quantitative estimate of drug-likeness (QED) is 0.754. The van der Waals surface area contributed by atoms with E-state index in [4.69, 9.17) is 0 Å². The van der Waals surface area contributed by atoms with E-state index in [1.807, 2.05) is 20.8 Å². The number of amides is 3. The van der Waals surface area contributed by atoms with Crippen molar-refractivity contribution in [2.75, 3.05) is 13.6 Å². The molecule has 0 spiro atoms. The summed E-state index contributed by atoms with van der Waals surface area (Å²) < 4.78 is 13.7. The molecule has 0 bridgehead atoms. The van der Waals surface area contributed by atoms with Crippen LogP contribution in [0.5, 0.6) is 0 Å². The van der Waals surface area contributed by atoms with Crippen LogP contribution in [0.3, 0.4) is 0 Å². The second-order valence-corrected chi connectivity index (χ2v) is 5.99. The van der Waals surface area contributed by atoms with E-state index in [9.17, 15) is 18.8 Å². The first-order valence-electron chi connectivity index (χ1n) is 7.77. The highest BCUT2D eigenvalue weighted by Gasteiger charge is 2.42. The van der Waals surface area contributed by atoms with E-state index in [-0.39, 0.29) is 30.7 Å². The lowest BCUT2D eigenvalue weighted by molar-refractivity contribution is -0.142. The molecule has 7 heteroatoms. The van der Waals surface area contributed by atoms with Crippen molar-refractivity contribution < 1.29 is 18.8 Å². The number of alkyl halides is 1. The fraction of sp³-hybridized carbons (Fsp3) is 0.800. The van der Waals surface area contributed by atoms with E-state index in [0.29, 0.717) is 12.8 Å². The topological polar surface area (TPSA) is 78.5 Å². The van der Waals surface area contributed by atoms with Crippen LogP contribution < -0.4 is 10.6 Å². The molecule has 1 heterocycles. The summed E-state index contributed by atoms with van der Waals surface area (Å²) in [4.78, 5) is 37.5. The summed E-state index contributed by atoms with van der Waals surface area (Å²) in [6.45, 7) is 5.39. The van der Waals surface area contributed by atoms with Crippen molar-refractivity contribution in [3.63, 3.8) is 0 Å². The van der Waals surface area contributed by atoms with Crippen LogP contribution in [0.2, 0.25) is 0 Å². The number of halogens is 1. The Kier molecular flexibility index (Phi) is 6.77. The van der Waals surface area contributed by atoms with E-state index in [0.717, 1.165) is 0 Å². The molecular formula is C15H26FN3O3. The van der Waals surface area contributed by atoms with Crippen LogP contribution >= 0.6 is 0 Å². The van der Waals surface area contributed by atoms with Gasteiger partial charge >= 0.3 is 0 Å². The van der Waals surface area contributed by atoms with Crippen molar-refractivity contribution >= 4 is 17.7 Å². The highest BCUT2D eigenvalue weighted by molar-refractivity contribution is 5.92. The maximum absolute atomic E-state index is 13.7. The number of nitrogens with zero attached hydrogens (tertiary/aromatic N) is 1. The van der Waals surface area contributed by atoms with Gasteiger partial charge in [0, 0.05) is 19.9 Å². The van der Waals surface area contributed by atoms with Crippen LogP contribution in [0, 0.1) is 5.92 Å². The molecule has 1 rings (SSSR count). The smallest absolute Gasteiger partial charge is 0.246 e. The van der Waals surface area contributed by atoms with Gasteiger partial charge in [0.05, 0.1) is 6.54 Å². The number of hydrogen-bond donors (Lipinski definition) is 2. The van der Waals surface area contributed by atoms with E-state index in [2.05, 4.69) is 10.6 Å². The molecule has 6 nitrogen and oxygen atoms in total. The lowest BCUT2D eigenvalue weighted by Gasteiger charge is -2.30. The molecule has 0 aromatic rings. The summed E-state index contributed by atoms with van der Waals surface area (Å²) in [5.74, 6) is -1.12. The lowest BCUT2D eigenvalue weighted by atomic mass is 10.0. The molecule has 1 aliphatic rings. The number of nitrogens with one attached hydrogen (secondary N) is 2. The number of hydrogen-bond acceptors (Lipinski definition) is 3. The maximum atomic E-state index is 13.7. The molecule has 0 aliphatic carbocycles. The average Bonchev–Trinajstić information content (AvgIpc) is 2.85. The first-order valence-corrected chi connectivity index (χ1v) is 7.77. The molecule has 0 aromatic carbocycles. The maximum Gasteiger partial charge on any atom is 0.246 e. The number of carbonyl (C=O) groups is 3. The summed E-state index contributed by atoms with van der Waals surface area (Å²) in [5, 5.41) is 5.16. The van der Waals surface area contributed by atoms with Crippen molar-refractivity contribution in [1.29, 1.82) is 0 Å². The zero-order chi connectivity index (χ0) is 16.9. The Morgan fingerprint density at radius 2 is 1.95 bits per heavy atom. The summed E-state index contributed by atoms with van der Waals surface area (Å²) >= 11 is 0. The molecule has 0 radical (unpaired) electrons. The predicted octanol–water partition coefficient (Wildman–Crippen LogP) is 0.612. The Balaban J connectivity index is 2.88. The minimum absolute atomic E-state index is 0.000858. The molecule has 1 aliphatic heterocycles. The zero-order valence-corrected chi connectivity index (χ0v) is 13.7. The molecule has 1 fully saturated rings. The monoisotopic (exact) mass is 315 g/mol. The Morgan fingerprint density at radius 1 is 1.32 bits per heavy atom. The Morgan fingerprint density at radius 3 is 2.45 bits per heavy atom. The molecule has 3 unspecified atom stereocenters. The van der Waals surface area contributed by atoms with Crippen molar-refractivity contribution in [1.82, 2.24) is 15.5 Å². The number of likely N-dealkylation sites (N-methyl/N-ethyl adjacent to an activating group) is 1. The van der Waals surface area contributed by atoms with E-state index in [1.165, 1.54) is 11.9 Å². The average molecular weight is 315 g/mol. The molecule has 2 N–H and O–H groups in total. The summed E-state index contributed by atoms with van der Waals surface area (Å²) in [6, 6.07) is -1.55. The normalized spacial score (nSPS) is 22.5. The van der Waals surface area contributed by atoms with Crippen molar-refractivity contribution in [3.8, 4) is 0 Å². The van der Waals surface area contributed by atoms with Crippen LogP contribution in [0.15, 0.2) is 0 Å². The minimum atomic E-state index is -1.22. The molecule has 0 aromatic heterocycles. The van der Waals surface area contributed by atoms with Crippen LogP contribution in [0.1, 0.15) is 40.0 Å². The summed E-state index contributed by atoms with van der Waals surface area (Å²) in [6.07, 6.45) is -0.201. The SMILES string of the molecule is CCCC(=O)NC(C(=O)N1CC(F)CC1C(=O)NC)C(C)C. The van der Waals surface area contributed by atoms with Crippen LogP contribution in [0.25, 0.3) is 0 Å². The van der Waals surface area contributed by atoms with Crippen LogP contribution in [0.4, 0.5) is 4.39 Å². The van der Waals surface area contributed by atoms with Gasteiger partial charge in [-0.15, -0.1) is 0 Å². The number of carbonyl (C=O) groups excluding carboxylic acids is 3. The van der Waals surface area contributed by atoms with Crippen molar-refractivity contribution in [2.24, 2.45) is 5.92 Å². The third-order valence-electron chi connectivity index (χ3n) is 3.81. The van der Waals surface area contributed by atoms with Gasteiger partial charge in [-0.05, 0) is 12.3 Å². The van der Waals surface area contributed by atoms with Crippen molar-refractivity contribution in [3.05, 3.63) is 0 Å². The van der Waals surface area contributed by atoms with E-state index >= 15 is 0 Å². The molecule has 1 saturated heterocycles. The Hall–Kier alpha value is -1.66. The largest absolute Gasteiger partial charge is 0.357 e. The molecule has 3 amide bonds. The second kappa shape index (κ2) is 8.10. The van der Waals surface area contributed by atoms with Gasteiger partial charge in [0.1, 0.15) is 18.3 Å². The summed E-state index contributed by atoms with van der Waals surface area (Å²) in [7, 11) is 1.46. The predicted molar refractivity (Wildman–Crippen MR) is 80.8 cm³/mol. The fourth-order valence-corrected chi connectivity index (χ4v) is 2.61. The van der Waals surface area contributed by atoms with Gasteiger partial charge in [-0.3, -0.25) is 14.4 Å². The second-order valence-electron chi connectivity index (χ2n) is 5.99. The van der Waals surface area contributed by atoms with Crippen LogP contribution in [-0.4, -0.2) is 54.5 Å². The van der Waals surface area contributed by atoms with E-state index < -0.39 is 24.2 Å². The van der Waals surface area contributed by atoms with Gasteiger partial charge in [-0.1, -0.05) is 20.8 Å². The molecule has 3 atom stereocenters. The zero-order valence-electron chi connectivity index (χ0n) is 13.7. The minimum Gasteiger partial charge on any atom is -0.357 e. The standard InChI is InChI=1S/C15H26FN3O3/c1-5-6-12(20)18-13(9(2)3)15(22)19-8-10(16)7-11(19)14(21)17-4/h9-11,13H,5-8H2,1-4H3,(H,17,21)(H,18,20). The third kappa shape index (κ3) is 4.42. The van der Waals surface area contributed by atoms with Gasteiger partial charge in [-0.2, -0.15) is 0 Å². The van der Waals surface area contributed by atoms with Gasteiger partial charge < -0.3 is 15.5 Å². The van der Waals surface area contributed by atoms with E-state index in [1.54, 1.807) is 0 Å². The van der Waals surface area contributed by atoms with Gasteiger partial charge in [-0.25, -0.2) is 4.39 Å². The van der Waals surface area contributed by atoms with Gasteiger partial charge in [0.15, 0.2) is 0 Å². The molecule has 0 saturated carbocycles. The first-order chi connectivity index (χ1) is 10.3. The third-order valence-corrected chi connectivity index (χ3v) is 3.81. The lowest BCUT2D eigenvalue weighted by Crippen LogP contribution is -2.55. The molecule has 126 valence electrons. The number of rotatable bonds is 6. The highest BCUT2D eigenvalue weighted by atomic mass is 19.1. The fourth-order valence-electron chi connectivity index (χ4n) is 2.61.